The summed E-state index contributed by atoms with van der Waals surface area (Å²) in [5.74, 6) is -0.0519. The Bertz CT molecular complexity index is 852. The number of anilines is 1. The molecule has 2 N–H and O–H groups in total. The number of aromatic nitrogens is 1. The molecule has 0 bridgehead atoms. The lowest BCUT2D eigenvalue weighted by Gasteiger charge is -2.16. The van der Waals surface area contributed by atoms with E-state index in [9.17, 15) is 8.42 Å². The van der Waals surface area contributed by atoms with Crippen LogP contribution in [0.2, 0.25) is 5.02 Å². The number of nitrogens with zero attached hydrogens (tertiary/aromatic N) is 1. The van der Waals surface area contributed by atoms with Crippen molar-refractivity contribution in [2.75, 3.05) is 16.8 Å². The van der Waals surface area contributed by atoms with Gasteiger partial charge < -0.3 is 10.6 Å². The van der Waals surface area contributed by atoms with Gasteiger partial charge in [-0.15, -0.1) is 22.9 Å². The maximum Gasteiger partial charge on any atom is 0.189 e. The molecule has 0 amide bonds. The van der Waals surface area contributed by atoms with Crippen LogP contribution in [0.5, 0.6) is 0 Å². The summed E-state index contributed by atoms with van der Waals surface area (Å²) in [7, 11) is -3.10. The van der Waals surface area contributed by atoms with Crippen LogP contribution in [0.25, 0.3) is 11.3 Å². The van der Waals surface area contributed by atoms with Crippen LogP contribution in [0.3, 0.4) is 0 Å². The number of hydrogen-bond donors (Lipinski definition) is 2. The number of thiocarbonyl (C=S) groups is 1. The summed E-state index contributed by atoms with van der Waals surface area (Å²) < 4.78 is 23.1. The molecule has 3 rings (SSSR count). The second-order valence-corrected chi connectivity index (χ2v) is 9.76. The Balaban J connectivity index is 1.62. The molecule has 0 unspecified atom stereocenters. The van der Waals surface area contributed by atoms with Crippen molar-refractivity contribution in [1.82, 2.24) is 10.3 Å². The molecule has 128 valence electrons. The van der Waals surface area contributed by atoms with Crippen LogP contribution < -0.4 is 10.6 Å². The Morgan fingerprint density at radius 3 is 2.62 bits per heavy atom. The number of hydrogen-bond acceptors (Lipinski definition) is 5. The van der Waals surface area contributed by atoms with E-state index in [1.165, 1.54) is 11.3 Å². The van der Waals surface area contributed by atoms with Crippen LogP contribution >= 0.6 is 46.8 Å². The van der Waals surface area contributed by atoms with Crippen molar-refractivity contribution >= 4 is 66.8 Å². The fourth-order valence-corrected chi connectivity index (χ4v) is 6.04. The van der Waals surface area contributed by atoms with Gasteiger partial charge in [-0.2, -0.15) is 0 Å². The summed E-state index contributed by atoms with van der Waals surface area (Å²) >= 11 is 18.5. The van der Waals surface area contributed by atoms with Gasteiger partial charge in [0, 0.05) is 16.0 Å². The average molecular weight is 422 g/mol. The minimum absolute atomic E-state index is 0.0170. The molecule has 0 aliphatic carbocycles. The summed E-state index contributed by atoms with van der Waals surface area (Å²) in [6, 6.07) is 6.98. The van der Waals surface area contributed by atoms with Gasteiger partial charge in [0.15, 0.2) is 20.1 Å². The maximum absolute atomic E-state index is 11.6. The van der Waals surface area contributed by atoms with Gasteiger partial charge in [0.05, 0.1) is 28.6 Å². The van der Waals surface area contributed by atoms with Crippen LogP contribution in [0.4, 0.5) is 5.13 Å². The highest BCUT2D eigenvalue weighted by Crippen LogP contribution is 2.26. The first kappa shape index (κ1) is 17.9. The van der Waals surface area contributed by atoms with Crippen molar-refractivity contribution in [1.29, 1.82) is 0 Å². The third-order valence-corrected chi connectivity index (χ3v) is 7.07. The third kappa shape index (κ3) is 4.37. The number of halogens is 2. The van der Waals surface area contributed by atoms with E-state index in [1.54, 1.807) is 12.1 Å². The molecule has 10 heteroatoms. The number of benzene rings is 1. The highest BCUT2D eigenvalue weighted by Gasteiger charge is 2.36. The Morgan fingerprint density at radius 2 is 2.00 bits per heavy atom. The fourth-order valence-electron chi connectivity index (χ4n) is 2.32. The standard InChI is InChI=1S/C14H13Cl2N3O2S3/c15-9-3-1-8(2-4-9)11-5-23-14(18-11)19-13(22)17-12-7-24(20,21)6-10(12)16/h1-5,10,12H,6-7H2,(H2,17,18,19,22)/t10-,12-/m0/s1. The summed E-state index contributed by atoms with van der Waals surface area (Å²) in [6.07, 6.45) is 0. The number of nitrogens with one attached hydrogen (secondary N) is 2. The minimum atomic E-state index is -3.10. The molecule has 1 saturated heterocycles. The SMILES string of the molecule is O=S1(=O)C[C@H](NC(=S)Nc2nc(-c3ccc(Cl)cc3)cs2)[C@@H](Cl)C1. The zero-order chi connectivity index (χ0) is 17.3. The predicted molar refractivity (Wildman–Crippen MR) is 104 cm³/mol. The van der Waals surface area contributed by atoms with Gasteiger partial charge in [0.2, 0.25) is 0 Å². The third-order valence-electron chi connectivity index (χ3n) is 3.46. The summed E-state index contributed by atoms with van der Waals surface area (Å²) in [5.41, 5.74) is 1.76. The van der Waals surface area contributed by atoms with Crippen molar-refractivity contribution in [2.45, 2.75) is 11.4 Å². The highest BCUT2D eigenvalue weighted by molar-refractivity contribution is 7.91. The summed E-state index contributed by atoms with van der Waals surface area (Å²) in [5, 5.41) is 8.91. The molecule has 2 aromatic rings. The number of thiazole rings is 1. The van der Waals surface area contributed by atoms with E-state index in [1.807, 2.05) is 17.5 Å². The quantitative estimate of drug-likeness (QED) is 0.585. The lowest BCUT2D eigenvalue weighted by atomic mass is 10.2. The largest absolute Gasteiger partial charge is 0.357 e. The molecule has 1 aliphatic heterocycles. The van der Waals surface area contributed by atoms with E-state index < -0.39 is 21.3 Å². The minimum Gasteiger partial charge on any atom is -0.357 e. The molecule has 1 aliphatic rings. The Kier molecular flexibility index (Phi) is 5.31. The van der Waals surface area contributed by atoms with Crippen LogP contribution in [0.1, 0.15) is 0 Å². The van der Waals surface area contributed by atoms with Crippen LogP contribution in [0.15, 0.2) is 29.6 Å². The van der Waals surface area contributed by atoms with Crippen molar-refractivity contribution in [3.8, 4) is 11.3 Å². The van der Waals surface area contributed by atoms with Gasteiger partial charge in [-0.05, 0) is 24.4 Å². The van der Waals surface area contributed by atoms with Crippen molar-refractivity contribution < 1.29 is 8.42 Å². The van der Waals surface area contributed by atoms with E-state index in [0.717, 1.165) is 11.3 Å². The second kappa shape index (κ2) is 7.13. The molecule has 1 aromatic carbocycles. The first-order chi connectivity index (χ1) is 11.3. The predicted octanol–water partition coefficient (Wildman–Crippen LogP) is 3.15. The van der Waals surface area contributed by atoms with Crippen LogP contribution in [0, 0.1) is 0 Å². The lowest BCUT2D eigenvalue weighted by molar-refractivity contribution is 0.600. The van der Waals surface area contributed by atoms with Gasteiger partial charge in [0.25, 0.3) is 0 Å². The Morgan fingerprint density at radius 1 is 1.29 bits per heavy atom. The number of sulfone groups is 1. The van der Waals surface area contributed by atoms with Crippen LogP contribution in [-0.4, -0.2) is 41.4 Å². The van der Waals surface area contributed by atoms with Gasteiger partial charge in [-0.3, -0.25) is 0 Å². The summed E-state index contributed by atoms with van der Waals surface area (Å²) in [4.78, 5) is 4.46. The molecule has 1 fully saturated rings. The maximum atomic E-state index is 11.6. The molecule has 5 nitrogen and oxygen atoms in total. The molecule has 0 spiro atoms. The smallest absolute Gasteiger partial charge is 0.189 e. The topological polar surface area (TPSA) is 71.1 Å². The van der Waals surface area contributed by atoms with Gasteiger partial charge in [0.1, 0.15) is 0 Å². The lowest BCUT2D eigenvalue weighted by Crippen LogP contribution is -2.42. The normalized spacial score (nSPS) is 22.2. The average Bonchev–Trinajstić information content (AvgIpc) is 3.04. The van der Waals surface area contributed by atoms with E-state index in [0.29, 0.717) is 15.3 Å². The van der Waals surface area contributed by atoms with E-state index >= 15 is 0 Å². The number of rotatable bonds is 3. The highest BCUT2D eigenvalue weighted by atomic mass is 35.5. The monoisotopic (exact) mass is 421 g/mol. The van der Waals surface area contributed by atoms with Gasteiger partial charge >= 0.3 is 0 Å². The van der Waals surface area contributed by atoms with E-state index in [-0.39, 0.29) is 11.5 Å². The summed E-state index contributed by atoms with van der Waals surface area (Å²) in [6.45, 7) is 0. The molecule has 2 heterocycles. The molecule has 24 heavy (non-hydrogen) atoms. The Hall–Kier alpha value is -0.930. The molecule has 0 radical (unpaired) electrons. The number of alkyl halides is 1. The molecular formula is C14H13Cl2N3O2S3. The van der Waals surface area contributed by atoms with Crippen LogP contribution in [-0.2, 0) is 9.84 Å². The molecule has 0 saturated carbocycles. The van der Waals surface area contributed by atoms with E-state index in [4.69, 9.17) is 35.4 Å². The molecular weight excluding hydrogens is 409 g/mol. The van der Waals surface area contributed by atoms with E-state index in [2.05, 4.69) is 15.6 Å². The fraction of sp³-hybridized carbons (Fsp3) is 0.286. The van der Waals surface area contributed by atoms with Crippen molar-refractivity contribution in [3.63, 3.8) is 0 Å². The van der Waals surface area contributed by atoms with Crippen molar-refractivity contribution in [3.05, 3.63) is 34.7 Å². The first-order valence-electron chi connectivity index (χ1n) is 6.96. The zero-order valence-electron chi connectivity index (χ0n) is 12.2. The van der Waals surface area contributed by atoms with Crippen molar-refractivity contribution in [2.24, 2.45) is 0 Å². The zero-order valence-corrected chi connectivity index (χ0v) is 16.2. The molecule has 2 atom stereocenters. The molecule has 1 aromatic heterocycles. The first-order valence-corrected chi connectivity index (χ1v) is 10.9. The second-order valence-electron chi connectivity index (χ2n) is 5.34. The van der Waals surface area contributed by atoms with Gasteiger partial charge in [-0.1, -0.05) is 23.7 Å². The van der Waals surface area contributed by atoms with Gasteiger partial charge in [-0.25, -0.2) is 13.4 Å². The Labute approximate surface area is 159 Å².